The predicted octanol–water partition coefficient (Wildman–Crippen LogP) is 5.56. The van der Waals surface area contributed by atoms with Crippen LogP contribution in [0.15, 0.2) is 35.1 Å². The van der Waals surface area contributed by atoms with E-state index in [4.69, 9.17) is 4.52 Å². The highest BCUT2D eigenvalue weighted by atomic mass is 19.4. The van der Waals surface area contributed by atoms with Crippen molar-refractivity contribution in [3.05, 3.63) is 47.6 Å². The molecular formula is C25H25F3N6O. The van der Waals surface area contributed by atoms with E-state index in [0.29, 0.717) is 34.3 Å². The Morgan fingerprint density at radius 2 is 2.03 bits per heavy atom. The molecule has 182 valence electrons. The molecule has 2 bridgehead atoms. The largest absolute Gasteiger partial charge is 0.419 e. The first-order valence-corrected chi connectivity index (χ1v) is 11.7. The molecule has 0 spiro atoms. The minimum Gasteiger partial charge on any atom is -0.361 e. The molecule has 7 nitrogen and oxygen atoms in total. The second-order valence-electron chi connectivity index (χ2n) is 9.57. The van der Waals surface area contributed by atoms with Gasteiger partial charge in [-0.05, 0) is 51.8 Å². The third kappa shape index (κ3) is 3.58. The van der Waals surface area contributed by atoms with E-state index < -0.39 is 11.7 Å². The molecule has 3 aromatic heterocycles. The molecular weight excluding hydrogens is 457 g/mol. The molecule has 0 unspecified atom stereocenters. The van der Waals surface area contributed by atoms with Crippen molar-refractivity contribution in [1.29, 1.82) is 0 Å². The number of anilines is 1. The van der Waals surface area contributed by atoms with Crippen molar-refractivity contribution in [2.24, 2.45) is 0 Å². The summed E-state index contributed by atoms with van der Waals surface area (Å²) in [6.45, 7) is 3.69. The number of alkyl halides is 3. The number of fused-ring (bicyclic) bond motifs is 3. The zero-order valence-corrected chi connectivity index (χ0v) is 19.6. The Kier molecular flexibility index (Phi) is 4.93. The van der Waals surface area contributed by atoms with Gasteiger partial charge in [0.25, 0.3) is 0 Å². The van der Waals surface area contributed by atoms with Gasteiger partial charge in [0, 0.05) is 52.5 Å². The van der Waals surface area contributed by atoms with Crippen molar-refractivity contribution < 1.29 is 17.7 Å². The number of rotatable bonds is 4. The molecule has 10 heteroatoms. The number of hydrogen-bond donors (Lipinski definition) is 2. The molecule has 6 rings (SSSR count). The number of benzene rings is 1. The summed E-state index contributed by atoms with van der Waals surface area (Å²) >= 11 is 0. The molecule has 2 aliphatic rings. The van der Waals surface area contributed by atoms with E-state index in [1.807, 2.05) is 32.0 Å². The summed E-state index contributed by atoms with van der Waals surface area (Å²) < 4.78 is 47.1. The Labute approximate surface area is 199 Å². The SMILES string of the molecule is Cc1noc(C)c1-c1ccc2c(-c3nc(N[C@@H]4C[C@@H]5CC[C@H]4N5C)ncc3C(F)(F)F)c[nH]c2c1. The fourth-order valence-electron chi connectivity index (χ4n) is 5.82. The van der Waals surface area contributed by atoms with E-state index in [1.54, 1.807) is 6.20 Å². The molecule has 0 saturated carbocycles. The summed E-state index contributed by atoms with van der Waals surface area (Å²) in [5.74, 6) is 0.909. The van der Waals surface area contributed by atoms with Crippen molar-refractivity contribution in [1.82, 2.24) is 25.0 Å². The van der Waals surface area contributed by atoms with Gasteiger partial charge in [-0.2, -0.15) is 13.2 Å². The summed E-state index contributed by atoms with van der Waals surface area (Å²) in [7, 11) is 2.10. The van der Waals surface area contributed by atoms with Crippen LogP contribution in [0, 0.1) is 13.8 Å². The Morgan fingerprint density at radius 3 is 2.69 bits per heavy atom. The molecule has 0 radical (unpaired) electrons. The van der Waals surface area contributed by atoms with Crippen LogP contribution in [0.25, 0.3) is 33.3 Å². The molecule has 3 atom stereocenters. The normalized spacial score (nSPS) is 22.4. The van der Waals surface area contributed by atoms with Gasteiger partial charge < -0.3 is 14.8 Å². The van der Waals surface area contributed by atoms with Crippen LogP contribution in [-0.4, -0.2) is 50.2 Å². The summed E-state index contributed by atoms with van der Waals surface area (Å²) in [5.41, 5.74) is 2.60. The number of aromatic nitrogens is 4. The minimum atomic E-state index is -4.58. The van der Waals surface area contributed by atoms with Gasteiger partial charge in [-0.1, -0.05) is 17.3 Å². The number of nitrogens with zero attached hydrogens (tertiary/aromatic N) is 4. The maximum absolute atomic E-state index is 14.0. The molecule has 35 heavy (non-hydrogen) atoms. The lowest BCUT2D eigenvalue weighted by Gasteiger charge is -2.23. The van der Waals surface area contributed by atoms with E-state index in [-0.39, 0.29) is 17.7 Å². The first-order chi connectivity index (χ1) is 16.7. The highest BCUT2D eigenvalue weighted by molar-refractivity contribution is 5.97. The Morgan fingerprint density at radius 1 is 1.20 bits per heavy atom. The summed E-state index contributed by atoms with van der Waals surface area (Å²) in [6.07, 6.45) is 1.05. The number of likely N-dealkylation sites (N-methyl/N-ethyl adjacent to an activating group) is 1. The monoisotopic (exact) mass is 482 g/mol. The number of aromatic amines is 1. The fourth-order valence-corrected chi connectivity index (χ4v) is 5.82. The molecule has 1 aromatic carbocycles. The van der Waals surface area contributed by atoms with E-state index >= 15 is 0 Å². The van der Waals surface area contributed by atoms with Crippen molar-refractivity contribution in [3.63, 3.8) is 0 Å². The highest BCUT2D eigenvalue weighted by Gasteiger charge is 2.44. The number of aryl methyl sites for hydroxylation is 2. The third-order valence-electron chi connectivity index (χ3n) is 7.55. The Bertz CT molecular complexity index is 1410. The van der Waals surface area contributed by atoms with Gasteiger partial charge in [-0.3, -0.25) is 4.90 Å². The molecule has 0 amide bonds. The second-order valence-corrected chi connectivity index (χ2v) is 9.57. The van der Waals surface area contributed by atoms with E-state index in [1.165, 1.54) is 0 Å². The molecule has 2 aliphatic heterocycles. The van der Waals surface area contributed by atoms with Crippen molar-refractivity contribution in [2.75, 3.05) is 12.4 Å². The van der Waals surface area contributed by atoms with E-state index in [0.717, 1.165) is 42.3 Å². The van der Waals surface area contributed by atoms with Gasteiger partial charge in [-0.15, -0.1) is 0 Å². The van der Waals surface area contributed by atoms with Crippen LogP contribution in [0.5, 0.6) is 0 Å². The highest BCUT2D eigenvalue weighted by Crippen LogP contribution is 2.41. The Balaban J connectivity index is 1.40. The third-order valence-corrected chi connectivity index (χ3v) is 7.55. The average molecular weight is 483 g/mol. The van der Waals surface area contributed by atoms with Crippen molar-refractivity contribution >= 4 is 16.9 Å². The van der Waals surface area contributed by atoms with Gasteiger partial charge in [0.15, 0.2) is 0 Å². The molecule has 2 saturated heterocycles. The van der Waals surface area contributed by atoms with E-state index in [2.05, 4.69) is 37.4 Å². The molecule has 4 aromatic rings. The smallest absolute Gasteiger partial charge is 0.361 e. The lowest BCUT2D eigenvalue weighted by atomic mass is 9.96. The average Bonchev–Trinajstić information content (AvgIpc) is 3.55. The number of hydrogen-bond acceptors (Lipinski definition) is 6. The van der Waals surface area contributed by atoms with Crippen LogP contribution >= 0.6 is 0 Å². The van der Waals surface area contributed by atoms with Gasteiger partial charge in [0.1, 0.15) is 11.3 Å². The lowest BCUT2D eigenvalue weighted by molar-refractivity contribution is -0.137. The van der Waals surface area contributed by atoms with E-state index in [9.17, 15) is 13.2 Å². The van der Waals surface area contributed by atoms with Crippen LogP contribution in [0.3, 0.4) is 0 Å². The van der Waals surface area contributed by atoms with Crippen LogP contribution in [-0.2, 0) is 6.18 Å². The second kappa shape index (κ2) is 7.81. The standard InChI is InChI=1S/C25H25F3N6O/c1-12-22(13(2)35-33-12)14-4-6-16-17(10-29-19(16)8-14)23-18(25(26,27)28)11-30-24(32-23)31-20-9-15-5-7-21(20)34(15)3/h4,6,8,10-11,15,20-21,29H,5,7,9H2,1-3H3,(H,30,31,32)/t15-,20+,21+/m0/s1. The minimum absolute atomic E-state index is 0.129. The zero-order valence-electron chi connectivity index (χ0n) is 19.6. The first kappa shape index (κ1) is 22.1. The fraction of sp³-hybridized carbons (Fsp3) is 0.400. The molecule has 2 N–H and O–H groups in total. The van der Waals surface area contributed by atoms with Crippen molar-refractivity contribution in [3.8, 4) is 22.4 Å². The summed E-state index contributed by atoms with van der Waals surface area (Å²) in [6, 6.07) is 6.55. The first-order valence-electron chi connectivity index (χ1n) is 11.7. The summed E-state index contributed by atoms with van der Waals surface area (Å²) in [5, 5.41) is 7.96. The van der Waals surface area contributed by atoms with Gasteiger partial charge in [-0.25, -0.2) is 9.97 Å². The predicted molar refractivity (Wildman–Crippen MR) is 126 cm³/mol. The zero-order chi connectivity index (χ0) is 24.5. The van der Waals surface area contributed by atoms with Crippen molar-refractivity contribution in [2.45, 2.75) is 57.4 Å². The quantitative estimate of drug-likeness (QED) is 0.396. The number of halogens is 3. The summed E-state index contributed by atoms with van der Waals surface area (Å²) in [4.78, 5) is 13.9. The number of H-pyrrole nitrogens is 1. The Hall–Kier alpha value is -3.40. The number of nitrogens with one attached hydrogen (secondary N) is 2. The van der Waals surface area contributed by atoms with Crippen LogP contribution in [0.1, 0.15) is 36.3 Å². The van der Waals surface area contributed by atoms with Crippen LogP contribution in [0.4, 0.5) is 19.1 Å². The molecule has 0 aliphatic carbocycles. The maximum Gasteiger partial charge on any atom is 0.419 e. The molecule has 2 fully saturated rings. The van der Waals surface area contributed by atoms with Crippen LogP contribution < -0.4 is 5.32 Å². The molecule has 5 heterocycles. The van der Waals surface area contributed by atoms with Gasteiger partial charge in [0.2, 0.25) is 5.95 Å². The van der Waals surface area contributed by atoms with Gasteiger partial charge >= 0.3 is 6.18 Å². The van der Waals surface area contributed by atoms with Crippen LogP contribution in [0.2, 0.25) is 0 Å². The lowest BCUT2D eigenvalue weighted by Crippen LogP contribution is -2.35. The topological polar surface area (TPSA) is 82.9 Å². The maximum atomic E-state index is 14.0. The van der Waals surface area contributed by atoms with Gasteiger partial charge in [0.05, 0.1) is 11.4 Å².